The average Bonchev–Trinajstić information content (AvgIpc) is 3.32. The summed E-state index contributed by atoms with van der Waals surface area (Å²) in [5.74, 6) is -0.212. The highest BCUT2D eigenvalue weighted by Gasteiger charge is 2.25. The van der Waals surface area contributed by atoms with E-state index in [9.17, 15) is 13.2 Å². The number of rotatable bonds is 6. The molecule has 1 N–H and O–H groups in total. The molecule has 0 spiro atoms. The van der Waals surface area contributed by atoms with E-state index in [0.29, 0.717) is 25.3 Å². The van der Waals surface area contributed by atoms with Crippen molar-refractivity contribution in [2.45, 2.75) is 30.3 Å². The minimum atomic E-state index is -3.85. The van der Waals surface area contributed by atoms with Crippen molar-refractivity contribution in [1.29, 1.82) is 0 Å². The molecule has 1 saturated heterocycles. The number of benzene rings is 2. The summed E-state index contributed by atoms with van der Waals surface area (Å²) in [5.41, 5.74) is 2.67. The minimum Gasteiger partial charge on any atom is -0.377 e. The Bertz CT molecular complexity index is 1080. The second-order valence-electron chi connectivity index (χ2n) is 7.73. The molecule has 2 aliphatic rings. The van der Waals surface area contributed by atoms with Crippen LogP contribution in [0.1, 0.15) is 35.2 Å². The molecule has 0 saturated carbocycles. The zero-order chi connectivity index (χ0) is 21.8. The third kappa shape index (κ3) is 5.18. The number of sulfonamides is 1. The predicted molar refractivity (Wildman–Crippen MR) is 121 cm³/mol. The van der Waals surface area contributed by atoms with Crippen molar-refractivity contribution < 1.29 is 17.9 Å². The van der Waals surface area contributed by atoms with E-state index in [1.54, 1.807) is 11.0 Å². The van der Waals surface area contributed by atoms with E-state index in [2.05, 4.69) is 16.9 Å². The Morgan fingerprint density at radius 3 is 2.68 bits per heavy atom. The maximum absolute atomic E-state index is 13.0. The van der Waals surface area contributed by atoms with Crippen molar-refractivity contribution in [3.8, 4) is 0 Å². The zero-order valence-electron chi connectivity index (χ0n) is 17.1. The van der Waals surface area contributed by atoms with E-state index >= 15 is 0 Å². The molecule has 1 fully saturated rings. The second-order valence-corrected chi connectivity index (χ2v) is 9.87. The number of carbonyl (C=O) groups is 1. The van der Waals surface area contributed by atoms with Crippen LogP contribution >= 0.6 is 11.6 Å². The molecule has 0 aliphatic carbocycles. The Balaban J connectivity index is 1.47. The zero-order valence-corrected chi connectivity index (χ0v) is 18.7. The van der Waals surface area contributed by atoms with Crippen molar-refractivity contribution >= 4 is 33.1 Å². The first-order valence-corrected chi connectivity index (χ1v) is 12.2. The Morgan fingerprint density at radius 1 is 1.19 bits per heavy atom. The van der Waals surface area contributed by atoms with Crippen LogP contribution in [-0.2, 0) is 14.8 Å². The van der Waals surface area contributed by atoms with Crippen LogP contribution in [0.4, 0.5) is 0 Å². The first-order valence-electron chi connectivity index (χ1n) is 10.4. The van der Waals surface area contributed by atoms with Gasteiger partial charge in [-0.15, -0.1) is 0 Å². The van der Waals surface area contributed by atoms with E-state index in [0.717, 1.165) is 24.8 Å². The topological polar surface area (TPSA) is 75.7 Å². The normalized spacial score (nSPS) is 19.3. The van der Waals surface area contributed by atoms with Gasteiger partial charge in [-0.3, -0.25) is 4.79 Å². The van der Waals surface area contributed by atoms with Gasteiger partial charge in [0.25, 0.3) is 5.91 Å². The molecule has 2 aliphatic heterocycles. The highest BCUT2D eigenvalue weighted by atomic mass is 35.5. The Hall–Kier alpha value is -2.19. The maximum atomic E-state index is 13.0. The van der Waals surface area contributed by atoms with E-state index in [4.69, 9.17) is 16.3 Å². The molecule has 1 atom stereocenters. The quantitative estimate of drug-likeness (QED) is 0.712. The average molecular weight is 461 g/mol. The first kappa shape index (κ1) is 22.0. The summed E-state index contributed by atoms with van der Waals surface area (Å²) in [7, 11) is -3.85. The summed E-state index contributed by atoms with van der Waals surface area (Å²) in [5, 5.41) is 0.0845. The van der Waals surface area contributed by atoms with Crippen molar-refractivity contribution in [2.24, 2.45) is 0 Å². The minimum absolute atomic E-state index is 0.0845. The van der Waals surface area contributed by atoms with Gasteiger partial charge >= 0.3 is 0 Å². The molecule has 2 aromatic rings. The second kappa shape index (κ2) is 9.53. The molecule has 0 bridgehead atoms. The van der Waals surface area contributed by atoms with Gasteiger partial charge in [0.2, 0.25) is 10.0 Å². The van der Waals surface area contributed by atoms with Gasteiger partial charge in [0.15, 0.2) is 0 Å². The lowest BCUT2D eigenvalue weighted by atomic mass is 9.99. The SMILES string of the molecule is O=C(c1ccc(Cl)c(S(=O)(=O)NCC2CCCO2)c1)N1CC=C(c2ccccc2)CC1. The summed E-state index contributed by atoms with van der Waals surface area (Å²) in [6.07, 6.45) is 4.41. The van der Waals surface area contributed by atoms with Crippen LogP contribution in [0.25, 0.3) is 5.57 Å². The Labute approximate surface area is 187 Å². The third-order valence-electron chi connectivity index (χ3n) is 5.63. The van der Waals surface area contributed by atoms with Crippen LogP contribution in [0.15, 0.2) is 59.5 Å². The number of hydrogen-bond acceptors (Lipinski definition) is 4. The summed E-state index contributed by atoms with van der Waals surface area (Å²) in [6.45, 7) is 1.88. The van der Waals surface area contributed by atoms with Crippen LogP contribution in [0.5, 0.6) is 0 Å². The molecule has 8 heteroatoms. The van der Waals surface area contributed by atoms with Crippen molar-refractivity contribution in [1.82, 2.24) is 9.62 Å². The third-order valence-corrected chi connectivity index (χ3v) is 7.54. The lowest BCUT2D eigenvalue weighted by molar-refractivity contribution is 0.0772. The van der Waals surface area contributed by atoms with Crippen LogP contribution < -0.4 is 4.72 Å². The van der Waals surface area contributed by atoms with E-state index < -0.39 is 10.0 Å². The van der Waals surface area contributed by atoms with Crippen LogP contribution in [-0.4, -0.2) is 51.6 Å². The Kier molecular flexibility index (Phi) is 6.77. The van der Waals surface area contributed by atoms with Gasteiger partial charge in [0.1, 0.15) is 4.90 Å². The highest BCUT2D eigenvalue weighted by molar-refractivity contribution is 7.89. The van der Waals surface area contributed by atoms with E-state index in [1.807, 2.05) is 24.3 Å². The summed E-state index contributed by atoms with van der Waals surface area (Å²) in [6, 6.07) is 14.5. The summed E-state index contributed by atoms with van der Waals surface area (Å²) in [4.78, 5) is 14.6. The van der Waals surface area contributed by atoms with Crippen molar-refractivity contribution in [2.75, 3.05) is 26.2 Å². The number of amides is 1. The molecular formula is C23H25ClN2O4S. The van der Waals surface area contributed by atoms with Gasteiger partial charge in [-0.25, -0.2) is 13.1 Å². The fourth-order valence-electron chi connectivity index (χ4n) is 3.88. The maximum Gasteiger partial charge on any atom is 0.254 e. The molecule has 2 aromatic carbocycles. The van der Waals surface area contributed by atoms with Crippen LogP contribution in [0.3, 0.4) is 0 Å². The fraction of sp³-hybridized carbons (Fsp3) is 0.348. The van der Waals surface area contributed by atoms with Crippen molar-refractivity contribution in [3.05, 3.63) is 70.8 Å². The molecule has 31 heavy (non-hydrogen) atoms. The summed E-state index contributed by atoms with van der Waals surface area (Å²) >= 11 is 6.17. The van der Waals surface area contributed by atoms with Crippen molar-refractivity contribution in [3.63, 3.8) is 0 Å². The Morgan fingerprint density at radius 2 is 2.00 bits per heavy atom. The molecule has 1 amide bonds. The number of carbonyl (C=O) groups excluding carboxylic acids is 1. The number of nitrogens with zero attached hydrogens (tertiary/aromatic N) is 1. The van der Waals surface area contributed by atoms with Gasteiger partial charge < -0.3 is 9.64 Å². The van der Waals surface area contributed by atoms with Crippen LogP contribution in [0, 0.1) is 0 Å². The van der Waals surface area contributed by atoms with Gasteiger partial charge in [-0.05, 0) is 48.6 Å². The lowest BCUT2D eigenvalue weighted by Gasteiger charge is -2.27. The number of halogens is 1. The smallest absolute Gasteiger partial charge is 0.254 e. The van der Waals surface area contributed by atoms with Gasteiger partial charge in [-0.2, -0.15) is 0 Å². The molecule has 2 heterocycles. The van der Waals surface area contributed by atoms with E-state index in [1.165, 1.54) is 17.7 Å². The largest absolute Gasteiger partial charge is 0.377 e. The predicted octanol–water partition coefficient (Wildman–Crippen LogP) is 3.73. The lowest BCUT2D eigenvalue weighted by Crippen LogP contribution is -2.35. The molecule has 0 aromatic heterocycles. The van der Waals surface area contributed by atoms with Crippen LogP contribution in [0.2, 0.25) is 5.02 Å². The van der Waals surface area contributed by atoms with Gasteiger partial charge in [0.05, 0.1) is 11.1 Å². The molecule has 164 valence electrons. The molecule has 6 nitrogen and oxygen atoms in total. The molecule has 0 radical (unpaired) electrons. The van der Waals surface area contributed by atoms with Gasteiger partial charge in [-0.1, -0.05) is 48.0 Å². The standard InChI is InChI=1S/C23H25ClN2O4S/c24-21-9-8-19(15-22(21)31(28,29)25-16-20-7-4-14-30-20)23(27)26-12-10-18(11-13-26)17-5-2-1-3-6-17/h1-3,5-6,8-10,15,20,25H,4,7,11-14,16H2. The van der Waals surface area contributed by atoms with Gasteiger partial charge in [0, 0.05) is 31.8 Å². The summed E-state index contributed by atoms with van der Waals surface area (Å²) < 4.78 is 33.6. The monoisotopic (exact) mass is 460 g/mol. The number of ether oxygens (including phenoxy) is 1. The number of hydrogen-bond donors (Lipinski definition) is 1. The molecular weight excluding hydrogens is 436 g/mol. The highest BCUT2D eigenvalue weighted by Crippen LogP contribution is 2.26. The number of nitrogens with one attached hydrogen (secondary N) is 1. The van der Waals surface area contributed by atoms with E-state index in [-0.39, 0.29) is 28.5 Å². The first-order chi connectivity index (χ1) is 14.9. The molecule has 4 rings (SSSR count). The molecule has 1 unspecified atom stereocenters. The fourth-order valence-corrected chi connectivity index (χ4v) is 5.47.